The highest BCUT2D eigenvalue weighted by Gasteiger charge is 2.38. The third-order valence-electron chi connectivity index (χ3n) is 6.91. The van der Waals surface area contributed by atoms with Crippen LogP contribution in [0.15, 0.2) is 54.6 Å². The largest absolute Gasteiger partial charge is 0.378 e. The molecule has 2 aromatic carbocycles. The highest BCUT2D eigenvalue weighted by molar-refractivity contribution is 6.30. The summed E-state index contributed by atoms with van der Waals surface area (Å²) < 4.78 is 0. The minimum atomic E-state index is 0.179. The number of hydrogen-bond acceptors (Lipinski definition) is 2. The molecule has 0 spiro atoms. The van der Waals surface area contributed by atoms with E-state index in [0.717, 1.165) is 54.5 Å². The van der Waals surface area contributed by atoms with Crippen molar-refractivity contribution in [3.63, 3.8) is 0 Å². The maximum atomic E-state index is 13.1. The summed E-state index contributed by atoms with van der Waals surface area (Å²) in [6.07, 6.45) is 7.87. The van der Waals surface area contributed by atoms with E-state index < -0.39 is 0 Å². The third-order valence-corrected chi connectivity index (χ3v) is 7.16. The van der Waals surface area contributed by atoms with Crippen molar-refractivity contribution in [2.45, 2.75) is 38.1 Å². The van der Waals surface area contributed by atoms with Crippen molar-refractivity contribution in [1.82, 2.24) is 4.90 Å². The van der Waals surface area contributed by atoms with Gasteiger partial charge in [0.2, 0.25) is 0 Å². The Hall–Kier alpha value is -2.26. The molecule has 3 aliphatic rings. The highest BCUT2D eigenvalue weighted by Crippen LogP contribution is 2.50. The molecule has 4 heteroatoms. The van der Waals surface area contributed by atoms with E-state index in [2.05, 4.69) is 48.7 Å². The second-order valence-electron chi connectivity index (χ2n) is 8.80. The van der Waals surface area contributed by atoms with Crippen LogP contribution in [-0.2, 0) is 0 Å². The molecule has 2 aliphatic heterocycles. The molecular formula is C25H27ClN2O. The Morgan fingerprint density at radius 3 is 2.62 bits per heavy atom. The minimum Gasteiger partial charge on any atom is -0.378 e. The number of rotatable bonds is 2. The van der Waals surface area contributed by atoms with Crippen molar-refractivity contribution in [2.24, 2.45) is 11.8 Å². The lowest BCUT2D eigenvalue weighted by atomic mass is 9.76. The van der Waals surface area contributed by atoms with Crippen LogP contribution < -0.4 is 5.32 Å². The average Bonchev–Trinajstić information content (AvgIpc) is 3.24. The lowest BCUT2D eigenvalue weighted by Crippen LogP contribution is -2.38. The summed E-state index contributed by atoms with van der Waals surface area (Å²) in [6.45, 7) is 4.02. The smallest absolute Gasteiger partial charge is 0.253 e. The lowest BCUT2D eigenvalue weighted by molar-refractivity contribution is 0.0697. The van der Waals surface area contributed by atoms with Crippen molar-refractivity contribution in [2.75, 3.05) is 18.4 Å². The first-order valence-corrected chi connectivity index (χ1v) is 11.1. The van der Waals surface area contributed by atoms with Gasteiger partial charge < -0.3 is 10.2 Å². The van der Waals surface area contributed by atoms with E-state index >= 15 is 0 Å². The number of nitrogens with one attached hydrogen (secondary N) is 1. The van der Waals surface area contributed by atoms with E-state index in [9.17, 15) is 4.79 Å². The zero-order valence-electron chi connectivity index (χ0n) is 16.8. The van der Waals surface area contributed by atoms with Gasteiger partial charge in [-0.2, -0.15) is 0 Å². The molecule has 150 valence electrons. The monoisotopic (exact) mass is 406 g/mol. The van der Waals surface area contributed by atoms with Crippen LogP contribution in [0.4, 0.5) is 5.69 Å². The van der Waals surface area contributed by atoms with Gasteiger partial charge in [0.25, 0.3) is 5.91 Å². The fraction of sp³-hybridized carbons (Fsp3) is 0.400. The van der Waals surface area contributed by atoms with Crippen LogP contribution in [0, 0.1) is 11.8 Å². The van der Waals surface area contributed by atoms with E-state index in [4.69, 9.17) is 11.6 Å². The molecule has 2 aromatic rings. The highest BCUT2D eigenvalue weighted by atomic mass is 35.5. The van der Waals surface area contributed by atoms with Gasteiger partial charge in [0.1, 0.15) is 0 Å². The number of halogens is 1. The lowest BCUT2D eigenvalue weighted by Gasteiger charge is -2.38. The number of nitrogens with zero attached hydrogens (tertiary/aromatic N) is 1. The van der Waals surface area contributed by atoms with Crippen molar-refractivity contribution >= 4 is 23.2 Å². The number of fused-ring (bicyclic) bond motifs is 3. The number of anilines is 1. The van der Waals surface area contributed by atoms with Gasteiger partial charge in [-0.3, -0.25) is 4.79 Å². The van der Waals surface area contributed by atoms with Crippen LogP contribution in [0.1, 0.15) is 59.6 Å². The number of likely N-dealkylation sites (tertiary alicyclic amines) is 1. The maximum Gasteiger partial charge on any atom is 0.253 e. The molecule has 0 radical (unpaired) electrons. The number of benzene rings is 2. The molecule has 1 amide bonds. The van der Waals surface area contributed by atoms with E-state index in [1.165, 1.54) is 11.1 Å². The third kappa shape index (κ3) is 3.46. The molecule has 0 bridgehead atoms. The van der Waals surface area contributed by atoms with Crippen LogP contribution in [0.3, 0.4) is 0 Å². The van der Waals surface area contributed by atoms with Crippen molar-refractivity contribution in [1.29, 1.82) is 0 Å². The van der Waals surface area contributed by atoms with Crippen LogP contribution in [0.25, 0.3) is 0 Å². The summed E-state index contributed by atoms with van der Waals surface area (Å²) in [5.74, 6) is 1.71. The van der Waals surface area contributed by atoms with Crippen LogP contribution in [-0.4, -0.2) is 23.9 Å². The molecule has 3 unspecified atom stereocenters. The number of carbonyl (C=O) groups excluding carboxylic acids is 1. The second-order valence-corrected chi connectivity index (χ2v) is 9.24. The Bertz CT molecular complexity index is 944. The normalized spacial score (nSPS) is 26.0. The standard InChI is InChI=1S/C25H27ClN2O/c1-16-11-13-28(14-12-16)25(29)18-7-10-23-22(15-18)20-3-2-4-21(20)24(27-23)17-5-8-19(26)9-6-17/h2-3,5-10,15-16,20-21,24,27H,4,11-14H2,1H3. The summed E-state index contributed by atoms with van der Waals surface area (Å²) in [6, 6.07) is 14.6. The van der Waals surface area contributed by atoms with Gasteiger partial charge >= 0.3 is 0 Å². The summed E-state index contributed by atoms with van der Waals surface area (Å²) in [7, 11) is 0. The number of hydrogen-bond donors (Lipinski definition) is 1. The molecule has 1 N–H and O–H groups in total. The van der Waals surface area contributed by atoms with E-state index in [0.29, 0.717) is 11.8 Å². The molecule has 1 aliphatic carbocycles. The van der Waals surface area contributed by atoms with Gasteiger partial charge in [0.05, 0.1) is 6.04 Å². The van der Waals surface area contributed by atoms with E-state index in [1.54, 1.807) is 0 Å². The first-order valence-electron chi connectivity index (χ1n) is 10.7. The first-order chi connectivity index (χ1) is 14.1. The van der Waals surface area contributed by atoms with Crippen molar-refractivity contribution in [3.8, 4) is 0 Å². The van der Waals surface area contributed by atoms with Gasteiger partial charge in [0, 0.05) is 35.3 Å². The fourth-order valence-electron chi connectivity index (χ4n) is 5.12. The molecule has 0 aromatic heterocycles. The maximum absolute atomic E-state index is 13.1. The van der Waals surface area contributed by atoms with Gasteiger partial charge in [0.15, 0.2) is 0 Å². The molecule has 1 fully saturated rings. The zero-order chi connectivity index (χ0) is 20.0. The number of allylic oxidation sites excluding steroid dienone is 2. The minimum absolute atomic E-state index is 0.179. The second kappa shape index (κ2) is 7.53. The predicted octanol–water partition coefficient (Wildman–Crippen LogP) is 6.04. The fourth-order valence-corrected chi connectivity index (χ4v) is 5.25. The van der Waals surface area contributed by atoms with E-state index in [1.807, 2.05) is 23.1 Å². The predicted molar refractivity (Wildman–Crippen MR) is 119 cm³/mol. The van der Waals surface area contributed by atoms with Gasteiger partial charge in [-0.25, -0.2) is 0 Å². The first kappa shape index (κ1) is 18.7. The quantitative estimate of drug-likeness (QED) is 0.616. The molecular weight excluding hydrogens is 380 g/mol. The Morgan fingerprint density at radius 1 is 1.10 bits per heavy atom. The van der Waals surface area contributed by atoms with Gasteiger partial charge in [-0.15, -0.1) is 0 Å². The summed E-state index contributed by atoms with van der Waals surface area (Å²) in [5.41, 5.74) is 4.48. The topological polar surface area (TPSA) is 32.3 Å². The zero-order valence-corrected chi connectivity index (χ0v) is 17.5. The van der Waals surface area contributed by atoms with E-state index in [-0.39, 0.29) is 11.9 Å². The Morgan fingerprint density at radius 2 is 1.86 bits per heavy atom. The molecule has 3 nitrogen and oxygen atoms in total. The van der Waals surface area contributed by atoms with Crippen molar-refractivity contribution in [3.05, 3.63) is 76.3 Å². The number of amides is 1. The van der Waals surface area contributed by atoms with Gasteiger partial charge in [-0.1, -0.05) is 42.8 Å². The molecule has 1 saturated heterocycles. The summed E-state index contributed by atoms with van der Waals surface area (Å²) in [5, 5.41) is 4.51. The van der Waals surface area contributed by atoms with Crippen LogP contribution in [0.2, 0.25) is 5.02 Å². The number of carbonyl (C=O) groups is 1. The summed E-state index contributed by atoms with van der Waals surface area (Å²) in [4.78, 5) is 15.1. The summed E-state index contributed by atoms with van der Waals surface area (Å²) >= 11 is 6.09. The average molecular weight is 407 g/mol. The molecule has 5 rings (SSSR count). The molecule has 3 atom stereocenters. The molecule has 2 heterocycles. The molecule has 0 saturated carbocycles. The van der Waals surface area contributed by atoms with Crippen molar-refractivity contribution < 1.29 is 4.79 Å². The Kier molecular flexibility index (Phi) is 4.87. The van der Waals surface area contributed by atoms with Gasteiger partial charge in [-0.05, 0) is 72.6 Å². The van der Waals surface area contributed by atoms with Crippen LogP contribution in [0.5, 0.6) is 0 Å². The Labute approximate surface area is 177 Å². The Balaban J connectivity index is 1.44. The number of piperidine rings is 1. The molecule has 29 heavy (non-hydrogen) atoms. The SMILES string of the molecule is CC1CCN(C(=O)c2ccc3c(c2)C2C=CCC2C(c2ccc(Cl)cc2)N3)CC1. The van der Waals surface area contributed by atoms with Crippen LogP contribution >= 0.6 is 11.6 Å².